The minimum atomic E-state index is -0.283. The number of nitrogens with zero attached hydrogens (tertiary/aromatic N) is 4. The van der Waals surface area contributed by atoms with Gasteiger partial charge in [-0.1, -0.05) is 0 Å². The van der Waals surface area contributed by atoms with Gasteiger partial charge in [-0.3, -0.25) is 14.7 Å². The fourth-order valence-electron chi connectivity index (χ4n) is 1.41. The maximum Gasteiger partial charge on any atom is 0.248 e. The number of rotatable bonds is 4. The summed E-state index contributed by atoms with van der Waals surface area (Å²) < 4.78 is 0. The van der Waals surface area contributed by atoms with Crippen LogP contribution in [0.1, 0.15) is 12.6 Å². The lowest BCUT2D eigenvalue weighted by Crippen LogP contribution is -2.20. The van der Waals surface area contributed by atoms with E-state index in [0.29, 0.717) is 11.5 Å². The van der Waals surface area contributed by atoms with Crippen molar-refractivity contribution in [1.82, 2.24) is 25.2 Å². The van der Waals surface area contributed by atoms with E-state index < -0.39 is 0 Å². The summed E-state index contributed by atoms with van der Waals surface area (Å²) in [6, 6.07) is 0. The van der Waals surface area contributed by atoms with Crippen molar-refractivity contribution in [2.45, 2.75) is 20.4 Å². The highest BCUT2D eigenvalue weighted by Gasteiger charge is 2.09. The van der Waals surface area contributed by atoms with Gasteiger partial charge in [-0.15, -0.1) is 5.10 Å². The number of carbonyl (C=O) groups excluding carboxylic acids is 2. The van der Waals surface area contributed by atoms with Crippen LogP contribution in [0, 0.1) is 6.92 Å². The Morgan fingerprint density at radius 2 is 2.16 bits per heavy atom. The Balaban J connectivity index is 1.94. The number of amides is 2. The molecule has 3 N–H and O–H groups in total. The lowest BCUT2D eigenvalue weighted by Gasteiger charge is -2.02. The molecule has 0 radical (unpaired) electrons. The highest BCUT2D eigenvalue weighted by Crippen LogP contribution is 2.09. The lowest BCUT2D eigenvalue weighted by atomic mass is 10.4. The molecule has 2 aromatic heterocycles. The van der Waals surface area contributed by atoms with E-state index in [1.807, 2.05) is 0 Å². The van der Waals surface area contributed by atoms with Gasteiger partial charge in [0.1, 0.15) is 6.54 Å². The number of nitrogens with one attached hydrogen (secondary N) is 3. The van der Waals surface area contributed by atoms with Crippen LogP contribution in [0.25, 0.3) is 0 Å². The fraction of sp³-hybridized carbons (Fsp3) is 0.300. The molecule has 0 fully saturated rings. The van der Waals surface area contributed by atoms with Gasteiger partial charge in [-0.2, -0.15) is 15.0 Å². The van der Waals surface area contributed by atoms with Crippen molar-refractivity contribution in [2.75, 3.05) is 10.6 Å². The largest absolute Gasteiger partial charge is 0.322 e. The number of H-pyrrole nitrogens is 1. The summed E-state index contributed by atoms with van der Waals surface area (Å²) in [7, 11) is 0. The zero-order valence-electron chi connectivity index (χ0n) is 10.5. The number of aromatic nitrogens is 5. The predicted octanol–water partition coefficient (Wildman–Crippen LogP) is -0.0933. The maximum absolute atomic E-state index is 11.7. The first kappa shape index (κ1) is 12.7. The minimum Gasteiger partial charge on any atom is -0.322 e. The number of anilines is 2. The molecule has 0 aromatic carbocycles. The van der Waals surface area contributed by atoms with E-state index in [9.17, 15) is 9.59 Å². The van der Waals surface area contributed by atoms with Crippen LogP contribution in [0.5, 0.6) is 0 Å². The molecule has 0 saturated heterocycles. The Morgan fingerprint density at radius 1 is 1.37 bits per heavy atom. The third-order valence-corrected chi connectivity index (χ3v) is 2.23. The van der Waals surface area contributed by atoms with Gasteiger partial charge >= 0.3 is 0 Å². The number of aromatic amines is 1. The van der Waals surface area contributed by atoms with E-state index in [1.165, 1.54) is 24.1 Å². The summed E-state index contributed by atoms with van der Waals surface area (Å²) in [6.45, 7) is 3.11. The Labute approximate surface area is 108 Å². The van der Waals surface area contributed by atoms with Gasteiger partial charge in [-0.25, -0.2) is 0 Å². The first-order valence-electron chi connectivity index (χ1n) is 5.52. The smallest absolute Gasteiger partial charge is 0.248 e. The molecule has 0 bridgehead atoms. The lowest BCUT2D eigenvalue weighted by molar-refractivity contribution is -0.117. The van der Waals surface area contributed by atoms with Gasteiger partial charge in [0.25, 0.3) is 0 Å². The molecule has 0 atom stereocenters. The molecule has 2 aromatic rings. The number of aryl methyl sites for hydroxylation is 1. The van der Waals surface area contributed by atoms with Crippen molar-refractivity contribution in [3.05, 3.63) is 18.1 Å². The van der Waals surface area contributed by atoms with Crippen LogP contribution in [0.4, 0.5) is 11.5 Å². The zero-order chi connectivity index (χ0) is 13.8. The Kier molecular flexibility index (Phi) is 3.55. The van der Waals surface area contributed by atoms with E-state index in [1.54, 1.807) is 6.92 Å². The minimum absolute atomic E-state index is 0.0514. The van der Waals surface area contributed by atoms with Crippen molar-refractivity contribution in [1.29, 1.82) is 0 Å². The highest BCUT2D eigenvalue weighted by atomic mass is 16.2. The van der Waals surface area contributed by atoms with Gasteiger partial charge in [0, 0.05) is 6.92 Å². The summed E-state index contributed by atoms with van der Waals surface area (Å²) in [5.41, 5.74) is 1.37. The van der Waals surface area contributed by atoms with E-state index in [2.05, 4.69) is 31.0 Å². The molecule has 0 aliphatic rings. The fourth-order valence-corrected chi connectivity index (χ4v) is 1.41. The summed E-state index contributed by atoms with van der Waals surface area (Å²) in [6.07, 6.45) is 2.89. The van der Waals surface area contributed by atoms with Crippen molar-refractivity contribution in [3.63, 3.8) is 0 Å². The van der Waals surface area contributed by atoms with Gasteiger partial charge in [0.2, 0.25) is 11.8 Å². The first-order chi connectivity index (χ1) is 9.04. The van der Waals surface area contributed by atoms with Crippen LogP contribution in [0.2, 0.25) is 0 Å². The molecular formula is C10H13N7O2. The molecule has 2 amide bonds. The summed E-state index contributed by atoms with van der Waals surface area (Å²) >= 11 is 0. The second kappa shape index (κ2) is 5.29. The molecule has 9 nitrogen and oxygen atoms in total. The molecule has 100 valence electrons. The topological polar surface area (TPSA) is 118 Å². The van der Waals surface area contributed by atoms with Crippen LogP contribution in [-0.4, -0.2) is 37.0 Å². The van der Waals surface area contributed by atoms with E-state index in [-0.39, 0.29) is 18.4 Å². The molecule has 0 unspecified atom stereocenters. The van der Waals surface area contributed by atoms with Crippen molar-refractivity contribution < 1.29 is 9.59 Å². The maximum atomic E-state index is 11.7. The average Bonchev–Trinajstić information content (AvgIpc) is 2.89. The normalized spacial score (nSPS) is 10.2. The molecule has 9 heteroatoms. The van der Waals surface area contributed by atoms with Crippen LogP contribution in [-0.2, 0) is 16.1 Å². The quantitative estimate of drug-likeness (QED) is 0.712. The number of hydrogen-bond donors (Lipinski definition) is 3. The molecule has 2 rings (SSSR count). The first-order valence-corrected chi connectivity index (χ1v) is 5.52. The van der Waals surface area contributed by atoms with E-state index >= 15 is 0 Å². The Hall–Kier alpha value is -2.71. The highest BCUT2D eigenvalue weighted by molar-refractivity contribution is 5.91. The number of hydrogen-bond acceptors (Lipinski definition) is 5. The number of carbonyl (C=O) groups is 2. The second-order valence-corrected chi connectivity index (χ2v) is 3.90. The Bertz CT molecular complexity index is 601. The summed E-state index contributed by atoms with van der Waals surface area (Å²) in [5, 5.41) is 19.4. The van der Waals surface area contributed by atoms with Crippen molar-refractivity contribution in [3.8, 4) is 0 Å². The van der Waals surface area contributed by atoms with Gasteiger partial charge in [-0.05, 0) is 6.92 Å². The second-order valence-electron chi connectivity index (χ2n) is 3.90. The van der Waals surface area contributed by atoms with Gasteiger partial charge in [0.05, 0.1) is 23.8 Å². The molecule has 0 spiro atoms. The molecule has 2 heterocycles. The van der Waals surface area contributed by atoms with Gasteiger partial charge < -0.3 is 10.6 Å². The summed E-state index contributed by atoms with van der Waals surface area (Å²) in [4.78, 5) is 23.7. The summed E-state index contributed by atoms with van der Waals surface area (Å²) in [5.74, 6) is -0.222. The monoisotopic (exact) mass is 263 g/mol. The van der Waals surface area contributed by atoms with Crippen LogP contribution < -0.4 is 10.6 Å². The van der Waals surface area contributed by atoms with Crippen LogP contribution in [0.15, 0.2) is 12.4 Å². The van der Waals surface area contributed by atoms with Crippen molar-refractivity contribution in [2.24, 2.45) is 0 Å². The molecule has 0 aliphatic heterocycles. The SMILES string of the molecule is CC(=O)Nc1cnn(CC(=O)Nc2cn[nH]c2C)n1. The predicted molar refractivity (Wildman–Crippen MR) is 66.3 cm³/mol. The molecule has 0 aliphatic carbocycles. The third kappa shape index (κ3) is 3.37. The Morgan fingerprint density at radius 3 is 2.79 bits per heavy atom. The average molecular weight is 263 g/mol. The third-order valence-electron chi connectivity index (χ3n) is 2.23. The molecule has 19 heavy (non-hydrogen) atoms. The van der Waals surface area contributed by atoms with E-state index in [0.717, 1.165) is 5.69 Å². The van der Waals surface area contributed by atoms with E-state index in [4.69, 9.17) is 0 Å². The zero-order valence-corrected chi connectivity index (χ0v) is 10.5. The van der Waals surface area contributed by atoms with Crippen LogP contribution in [0.3, 0.4) is 0 Å². The van der Waals surface area contributed by atoms with Crippen molar-refractivity contribution >= 4 is 23.3 Å². The molecular weight excluding hydrogens is 250 g/mol. The molecule has 0 saturated carbocycles. The standard InChI is InChI=1S/C10H13N7O2/c1-6-8(3-11-15-6)14-10(19)5-17-12-4-9(16-17)13-7(2)18/h3-4H,5H2,1-2H3,(H,11,15)(H,14,19)(H,13,16,18). The van der Waals surface area contributed by atoms with Gasteiger partial charge in [0.15, 0.2) is 5.82 Å². The van der Waals surface area contributed by atoms with Crippen LogP contribution >= 0.6 is 0 Å².